The molecule has 0 aliphatic carbocycles. The van der Waals surface area contributed by atoms with Crippen LogP contribution in [0, 0.1) is 0 Å². The summed E-state index contributed by atoms with van der Waals surface area (Å²) in [5.74, 6) is 0. The van der Waals surface area contributed by atoms with E-state index in [1.54, 1.807) is 0 Å². The van der Waals surface area contributed by atoms with Gasteiger partial charge in [0.15, 0.2) is 0 Å². The number of amides is 1. The van der Waals surface area contributed by atoms with Crippen molar-refractivity contribution in [3.05, 3.63) is 35.9 Å². The van der Waals surface area contributed by atoms with Crippen molar-refractivity contribution in [3.63, 3.8) is 0 Å². The van der Waals surface area contributed by atoms with Gasteiger partial charge in [-0.15, -0.1) is 0 Å². The Balaban J connectivity index is 1.84. The van der Waals surface area contributed by atoms with Gasteiger partial charge in [0, 0.05) is 25.7 Å². The van der Waals surface area contributed by atoms with Crippen molar-refractivity contribution < 1.29 is 9.90 Å². The van der Waals surface area contributed by atoms with E-state index < -0.39 is 6.09 Å². The first kappa shape index (κ1) is 12.9. The highest BCUT2D eigenvalue weighted by atomic mass is 16.4. The molecule has 18 heavy (non-hydrogen) atoms. The topological polar surface area (TPSA) is 43.8 Å². The molecule has 0 spiro atoms. The first-order valence-corrected chi connectivity index (χ1v) is 6.39. The van der Waals surface area contributed by atoms with E-state index in [1.165, 1.54) is 10.5 Å². The lowest BCUT2D eigenvalue weighted by Crippen LogP contribution is -2.44. The molecule has 1 aromatic carbocycles. The maximum absolute atomic E-state index is 10.8. The molecule has 1 saturated heterocycles. The average molecular weight is 248 g/mol. The lowest BCUT2D eigenvalue weighted by Gasteiger charge is -2.35. The van der Waals surface area contributed by atoms with Crippen LogP contribution in [0.1, 0.15) is 18.4 Å². The van der Waals surface area contributed by atoms with Gasteiger partial charge in [-0.25, -0.2) is 4.79 Å². The molecule has 98 valence electrons. The van der Waals surface area contributed by atoms with Gasteiger partial charge in [-0.1, -0.05) is 30.3 Å². The van der Waals surface area contributed by atoms with E-state index in [1.807, 2.05) is 6.07 Å². The number of piperidine rings is 1. The first-order valence-electron chi connectivity index (χ1n) is 6.39. The summed E-state index contributed by atoms with van der Waals surface area (Å²) in [6.07, 6.45) is 1.06. The normalized spacial score (nSPS) is 17.1. The minimum absolute atomic E-state index is 0.487. The first-order chi connectivity index (χ1) is 8.66. The minimum Gasteiger partial charge on any atom is -0.465 e. The second-order valence-electron chi connectivity index (χ2n) is 4.90. The number of rotatable bonds is 3. The highest BCUT2D eigenvalue weighted by Gasteiger charge is 2.24. The summed E-state index contributed by atoms with van der Waals surface area (Å²) in [4.78, 5) is 14.7. The Labute approximate surface area is 108 Å². The molecule has 1 aliphatic heterocycles. The predicted molar refractivity (Wildman–Crippen MR) is 70.5 cm³/mol. The average Bonchev–Trinajstić information content (AvgIpc) is 2.40. The van der Waals surface area contributed by atoms with Crippen molar-refractivity contribution in [2.75, 3.05) is 20.1 Å². The van der Waals surface area contributed by atoms with Crippen LogP contribution in [-0.2, 0) is 6.54 Å². The Morgan fingerprint density at radius 2 is 1.94 bits per heavy atom. The number of hydrogen-bond donors (Lipinski definition) is 1. The van der Waals surface area contributed by atoms with Crippen LogP contribution in [-0.4, -0.2) is 47.2 Å². The molecule has 0 bridgehead atoms. The van der Waals surface area contributed by atoms with Crippen LogP contribution in [0.5, 0.6) is 0 Å². The molecule has 2 rings (SSSR count). The van der Waals surface area contributed by atoms with Gasteiger partial charge in [0.2, 0.25) is 0 Å². The van der Waals surface area contributed by atoms with Gasteiger partial charge in [0.1, 0.15) is 0 Å². The number of carbonyl (C=O) groups is 1. The van der Waals surface area contributed by atoms with E-state index in [2.05, 4.69) is 36.2 Å². The number of hydrogen-bond acceptors (Lipinski definition) is 2. The van der Waals surface area contributed by atoms with Crippen LogP contribution in [0.15, 0.2) is 30.3 Å². The fourth-order valence-corrected chi connectivity index (χ4v) is 2.50. The van der Waals surface area contributed by atoms with Crippen molar-refractivity contribution >= 4 is 6.09 Å². The van der Waals surface area contributed by atoms with Crippen molar-refractivity contribution in [2.45, 2.75) is 25.4 Å². The fraction of sp³-hybridized carbons (Fsp3) is 0.500. The van der Waals surface area contributed by atoms with E-state index in [4.69, 9.17) is 5.11 Å². The van der Waals surface area contributed by atoms with Crippen LogP contribution < -0.4 is 0 Å². The van der Waals surface area contributed by atoms with Gasteiger partial charge in [-0.2, -0.15) is 0 Å². The Hall–Kier alpha value is -1.55. The van der Waals surface area contributed by atoms with Gasteiger partial charge in [-0.3, -0.25) is 4.90 Å². The van der Waals surface area contributed by atoms with Crippen molar-refractivity contribution in [1.82, 2.24) is 9.80 Å². The van der Waals surface area contributed by atoms with Crippen LogP contribution in [0.25, 0.3) is 0 Å². The molecule has 0 unspecified atom stereocenters. The number of nitrogens with zero attached hydrogens (tertiary/aromatic N) is 2. The third-order valence-corrected chi connectivity index (χ3v) is 3.63. The van der Waals surface area contributed by atoms with E-state index in [-0.39, 0.29) is 0 Å². The Morgan fingerprint density at radius 1 is 1.33 bits per heavy atom. The second-order valence-corrected chi connectivity index (χ2v) is 4.90. The van der Waals surface area contributed by atoms with E-state index in [0.717, 1.165) is 19.4 Å². The molecule has 1 N–H and O–H groups in total. The molecule has 0 aromatic heterocycles. The van der Waals surface area contributed by atoms with E-state index in [9.17, 15) is 4.79 Å². The summed E-state index contributed by atoms with van der Waals surface area (Å²) < 4.78 is 0. The fourth-order valence-electron chi connectivity index (χ4n) is 2.50. The summed E-state index contributed by atoms with van der Waals surface area (Å²) >= 11 is 0. The maximum atomic E-state index is 10.8. The standard InChI is InChI=1S/C14H20N2O2/c1-15(11-12-5-3-2-4-6-12)13-7-9-16(10-8-13)14(17)18/h2-6,13H,7-11H2,1H3,(H,17,18). The molecule has 1 amide bonds. The Morgan fingerprint density at radius 3 is 2.50 bits per heavy atom. The molecular weight excluding hydrogens is 228 g/mol. The van der Waals surface area contributed by atoms with Gasteiger partial charge < -0.3 is 10.0 Å². The lowest BCUT2D eigenvalue weighted by atomic mass is 10.0. The summed E-state index contributed by atoms with van der Waals surface area (Å²) in [6.45, 7) is 2.23. The minimum atomic E-state index is -0.792. The number of carboxylic acid groups (broad SMARTS) is 1. The zero-order valence-corrected chi connectivity index (χ0v) is 10.7. The summed E-state index contributed by atoms with van der Waals surface area (Å²) in [7, 11) is 2.12. The molecule has 1 fully saturated rings. The third-order valence-electron chi connectivity index (χ3n) is 3.63. The molecular formula is C14H20N2O2. The van der Waals surface area contributed by atoms with Gasteiger partial charge >= 0.3 is 6.09 Å². The summed E-state index contributed by atoms with van der Waals surface area (Å²) in [6, 6.07) is 10.9. The molecule has 4 nitrogen and oxygen atoms in total. The number of likely N-dealkylation sites (tertiary alicyclic amines) is 1. The molecule has 4 heteroatoms. The molecule has 0 atom stereocenters. The maximum Gasteiger partial charge on any atom is 0.407 e. The van der Waals surface area contributed by atoms with Gasteiger partial charge in [-0.05, 0) is 25.5 Å². The van der Waals surface area contributed by atoms with Gasteiger partial charge in [0.25, 0.3) is 0 Å². The zero-order valence-electron chi connectivity index (χ0n) is 10.7. The van der Waals surface area contributed by atoms with Crippen molar-refractivity contribution in [3.8, 4) is 0 Å². The predicted octanol–water partition coefficient (Wildman–Crippen LogP) is 2.26. The van der Waals surface area contributed by atoms with Crippen molar-refractivity contribution in [2.24, 2.45) is 0 Å². The van der Waals surface area contributed by atoms with E-state index >= 15 is 0 Å². The molecule has 1 heterocycles. The highest BCUT2D eigenvalue weighted by Crippen LogP contribution is 2.17. The van der Waals surface area contributed by atoms with E-state index in [0.29, 0.717) is 19.1 Å². The Bertz CT molecular complexity index is 386. The van der Waals surface area contributed by atoms with Crippen molar-refractivity contribution in [1.29, 1.82) is 0 Å². The third kappa shape index (κ3) is 3.23. The number of benzene rings is 1. The van der Waals surface area contributed by atoms with Crippen LogP contribution >= 0.6 is 0 Å². The summed E-state index contributed by atoms with van der Waals surface area (Å²) in [5, 5.41) is 8.91. The largest absolute Gasteiger partial charge is 0.465 e. The smallest absolute Gasteiger partial charge is 0.407 e. The van der Waals surface area contributed by atoms with Crippen LogP contribution in [0.4, 0.5) is 4.79 Å². The monoisotopic (exact) mass is 248 g/mol. The molecule has 0 saturated carbocycles. The zero-order chi connectivity index (χ0) is 13.0. The highest BCUT2D eigenvalue weighted by molar-refractivity contribution is 5.65. The van der Waals surface area contributed by atoms with Gasteiger partial charge in [0.05, 0.1) is 0 Å². The summed E-state index contributed by atoms with van der Waals surface area (Å²) in [5.41, 5.74) is 1.31. The SMILES string of the molecule is CN(Cc1ccccc1)C1CCN(C(=O)O)CC1. The molecule has 1 aliphatic rings. The quantitative estimate of drug-likeness (QED) is 0.892. The van der Waals surface area contributed by atoms with Crippen LogP contribution in [0.2, 0.25) is 0 Å². The molecule has 1 aromatic rings. The Kier molecular flexibility index (Phi) is 4.20. The molecule has 0 radical (unpaired) electrons. The lowest BCUT2D eigenvalue weighted by molar-refractivity contribution is 0.103. The second kappa shape index (κ2) is 5.87. The van der Waals surface area contributed by atoms with Crippen LogP contribution in [0.3, 0.4) is 0 Å².